The quantitative estimate of drug-likeness (QED) is 0.887. The number of amides is 1. The lowest BCUT2D eigenvalue weighted by molar-refractivity contribution is -0.117. The highest BCUT2D eigenvalue weighted by Crippen LogP contribution is 2.26. The van der Waals surface area contributed by atoms with Gasteiger partial charge in [0.2, 0.25) is 5.91 Å². The van der Waals surface area contributed by atoms with Gasteiger partial charge in [0.1, 0.15) is 5.69 Å². The Kier molecular flexibility index (Phi) is 2.95. The molecule has 19 heavy (non-hydrogen) atoms. The number of fused-ring (bicyclic) bond motifs is 1. The summed E-state index contributed by atoms with van der Waals surface area (Å²) in [5.41, 5.74) is 9.65. The van der Waals surface area contributed by atoms with Gasteiger partial charge < -0.3 is 5.73 Å². The molecule has 0 saturated carbocycles. The van der Waals surface area contributed by atoms with Gasteiger partial charge in [0.15, 0.2) is 5.82 Å². The van der Waals surface area contributed by atoms with Crippen LogP contribution in [0.25, 0.3) is 11.3 Å². The topological polar surface area (TPSA) is 81.8 Å². The average Bonchev–Trinajstić information content (AvgIpc) is 2.86. The van der Waals surface area contributed by atoms with Crippen LogP contribution in [0.15, 0.2) is 24.4 Å². The summed E-state index contributed by atoms with van der Waals surface area (Å²) >= 11 is 0. The lowest BCUT2D eigenvalue weighted by atomic mass is 10.0. The molecule has 1 aromatic carbocycles. The number of aryl methyl sites for hydroxylation is 2. The SMILES string of the molecule is NC(=O)Cc1ncc(-c2ccc3c(c2)CCC3)nn1. The highest BCUT2D eigenvalue weighted by atomic mass is 16.1. The number of hydrogen-bond donors (Lipinski definition) is 1. The van der Waals surface area contributed by atoms with Gasteiger partial charge in [-0.2, -0.15) is 0 Å². The van der Waals surface area contributed by atoms with Crippen molar-refractivity contribution < 1.29 is 4.79 Å². The molecule has 2 aromatic rings. The monoisotopic (exact) mass is 254 g/mol. The van der Waals surface area contributed by atoms with Crippen molar-refractivity contribution in [2.75, 3.05) is 0 Å². The van der Waals surface area contributed by atoms with Crippen LogP contribution in [-0.4, -0.2) is 21.1 Å². The second-order valence-electron chi connectivity index (χ2n) is 4.74. The first kappa shape index (κ1) is 11.8. The van der Waals surface area contributed by atoms with Crippen molar-refractivity contribution in [1.29, 1.82) is 0 Å². The van der Waals surface area contributed by atoms with Gasteiger partial charge in [0.25, 0.3) is 0 Å². The maximum Gasteiger partial charge on any atom is 0.225 e. The van der Waals surface area contributed by atoms with E-state index in [0.29, 0.717) is 5.82 Å². The van der Waals surface area contributed by atoms with Gasteiger partial charge in [-0.05, 0) is 36.5 Å². The Morgan fingerprint density at radius 2 is 2.05 bits per heavy atom. The summed E-state index contributed by atoms with van der Waals surface area (Å²) in [5, 5.41) is 8.03. The first-order chi connectivity index (χ1) is 9.22. The van der Waals surface area contributed by atoms with E-state index in [2.05, 4.69) is 27.3 Å². The van der Waals surface area contributed by atoms with Crippen LogP contribution in [0.2, 0.25) is 0 Å². The minimum atomic E-state index is -0.452. The molecule has 1 aromatic heterocycles. The summed E-state index contributed by atoms with van der Waals surface area (Å²) < 4.78 is 0. The van der Waals surface area contributed by atoms with Crippen LogP contribution < -0.4 is 5.73 Å². The first-order valence-electron chi connectivity index (χ1n) is 6.31. The molecule has 0 fully saturated rings. The number of carbonyl (C=O) groups is 1. The van der Waals surface area contributed by atoms with Gasteiger partial charge in [0.05, 0.1) is 12.6 Å². The molecular formula is C14H14N4O. The fourth-order valence-electron chi connectivity index (χ4n) is 2.40. The van der Waals surface area contributed by atoms with Crippen molar-refractivity contribution in [2.45, 2.75) is 25.7 Å². The summed E-state index contributed by atoms with van der Waals surface area (Å²) in [7, 11) is 0. The minimum absolute atomic E-state index is 0.0253. The molecule has 2 N–H and O–H groups in total. The summed E-state index contributed by atoms with van der Waals surface area (Å²) in [6, 6.07) is 6.35. The van der Waals surface area contributed by atoms with Crippen molar-refractivity contribution in [3.63, 3.8) is 0 Å². The normalized spacial score (nSPS) is 13.3. The lowest BCUT2D eigenvalue weighted by Gasteiger charge is -2.04. The summed E-state index contributed by atoms with van der Waals surface area (Å²) in [6.07, 6.45) is 5.18. The molecular weight excluding hydrogens is 240 g/mol. The molecule has 1 amide bonds. The Hall–Kier alpha value is -2.30. The molecule has 0 bridgehead atoms. The van der Waals surface area contributed by atoms with Crippen LogP contribution in [-0.2, 0) is 24.1 Å². The Morgan fingerprint density at radius 3 is 2.79 bits per heavy atom. The van der Waals surface area contributed by atoms with E-state index in [4.69, 9.17) is 5.73 Å². The van der Waals surface area contributed by atoms with Crippen LogP contribution in [0.5, 0.6) is 0 Å². The van der Waals surface area contributed by atoms with Crippen LogP contribution in [0.3, 0.4) is 0 Å². The molecule has 96 valence electrons. The van der Waals surface area contributed by atoms with E-state index in [9.17, 15) is 4.79 Å². The predicted molar refractivity (Wildman–Crippen MR) is 70.2 cm³/mol. The van der Waals surface area contributed by atoms with E-state index in [-0.39, 0.29) is 6.42 Å². The number of hydrogen-bond acceptors (Lipinski definition) is 4. The van der Waals surface area contributed by atoms with Crippen LogP contribution in [0.4, 0.5) is 0 Å². The molecule has 5 nitrogen and oxygen atoms in total. The van der Waals surface area contributed by atoms with Gasteiger partial charge in [-0.15, -0.1) is 10.2 Å². The molecule has 0 radical (unpaired) electrons. The van der Waals surface area contributed by atoms with Crippen LogP contribution in [0.1, 0.15) is 23.4 Å². The van der Waals surface area contributed by atoms with Crippen molar-refractivity contribution in [1.82, 2.24) is 15.2 Å². The molecule has 1 heterocycles. The van der Waals surface area contributed by atoms with E-state index in [1.807, 2.05) is 6.07 Å². The zero-order valence-electron chi connectivity index (χ0n) is 10.5. The molecule has 0 unspecified atom stereocenters. The largest absolute Gasteiger partial charge is 0.369 e. The van der Waals surface area contributed by atoms with Crippen molar-refractivity contribution in [2.24, 2.45) is 5.73 Å². The first-order valence-corrected chi connectivity index (χ1v) is 6.31. The predicted octanol–water partition coefficient (Wildman–Crippen LogP) is 1.06. The number of primary amides is 1. The van der Waals surface area contributed by atoms with E-state index in [0.717, 1.165) is 24.1 Å². The van der Waals surface area contributed by atoms with E-state index in [1.165, 1.54) is 17.5 Å². The summed E-state index contributed by atoms with van der Waals surface area (Å²) in [5.74, 6) is -0.0931. The number of aromatic nitrogens is 3. The van der Waals surface area contributed by atoms with Gasteiger partial charge in [-0.3, -0.25) is 4.79 Å². The van der Waals surface area contributed by atoms with Crippen LogP contribution in [0, 0.1) is 0 Å². The van der Waals surface area contributed by atoms with Gasteiger partial charge in [0, 0.05) is 5.56 Å². The average molecular weight is 254 g/mol. The Balaban J connectivity index is 1.88. The molecule has 0 spiro atoms. The Bertz CT molecular complexity index is 622. The number of nitrogens with two attached hydrogens (primary N) is 1. The number of nitrogens with zero attached hydrogens (tertiary/aromatic N) is 3. The zero-order chi connectivity index (χ0) is 13.2. The number of rotatable bonds is 3. The molecule has 0 aliphatic heterocycles. The molecule has 1 aliphatic carbocycles. The lowest BCUT2D eigenvalue weighted by Crippen LogP contribution is -2.16. The Morgan fingerprint density at radius 1 is 1.21 bits per heavy atom. The molecule has 5 heteroatoms. The zero-order valence-corrected chi connectivity index (χ0v) is 10.5. The maximum absolute atomic E-state index is 10.8. The minimum Gasteiger partial charge on any atom is -0.369 e. The summed E-state index contributed by atoms with van der Waals surface area (Å²) in [4.78, 5) is 14.9. The van der Waals surface area contributed by atoms with Crippen molar-refractivity contribution >= 4 is 5.91 Å². The van der Waals surface area contributed by atoms with Gasteiger partial charge in [-0.25, -0.2) is 4.98 Å². The van der Waals surface area contributed by atoms with Crippen molar-refractivity contribution in [3.05, 3.63) is 41.3 Å². The van der Waals surface area contributed by atoms with E-state index >= 15 is 0 Å². The second-order valence-corrected chi connectivity index (χ2v) is 4.74. The second kappa shape index (κ2) is 4.76. The van der Waals surface area contributed by atoms with E-state index in [1.54, 1.807) is 6.20 Å². The van der Waals surface area contributed by atoms with Crippen LogP contribution >= 0.6 is 0 Å². The third-order valence-corrected chi connectivity index (χ3v) is 3.34. The highest BCUT2D eigenvalue weighted by Gasteiger charge is 2.12. The third-order valence-electron chi connectivity index (χ3n) is 3.34. The van der Waals surface area contributed by atoms with Crippen molar-refractivity contribution in [3.8, 4) is 11.3 Å². The highest BCUT2D eigenvalue weighted by molar-refractivity contribution is 5.75. The third kappa shape index (κ3) is 2.45. The smallest absolute Gasteiger partial charge is 0.225 e. The summed E-state index contributed by atoms with van der Waals surface area (Å²) in [6.45, 7) is 0. The molecule has 0 atom stereocenters. The molecule has 3 rings (SSSR count). The standard InChI is InChI=1S/C14H14N4O/c15-13(19)7-14-16-8-12(17-18-14)11-5-4-9-2-1-3-10(9)6-11/h4-6,8H,1-3,7H2,(H2,15,19). The maximum atomic E-state index is 10.8. The van der Waals surface area contributed by atoms with Gasteiger partial charge >= 0.3 is 0 Å². The van der Waals surface area contributed by atoms with E-state index < -0.39 is 5.91 Å². The molecule has 0 saturated heterocycles. The van der Waals surface area contributed by atoms with Gasteiger partial charge in [-0.1, -0.05) is 12.1 Å². The fourth-order valence-corrected chi connectivity index (χ4v) is 2.40. The fraction of sp³-hybridized carbons (Fsp3) is 0.286. The Labute approximate surface area is 110 Å². The molecule has 1 aliphatic rings. The number of carbonyl (C=O) groups excluding carboxylic acids is 1. The number of benzene rings is 1.